The number of sulfone groups is 1. The van der Waals surface area contributed by atoms with Crippen molar-refractivity contribution in [3.8, 4) is 0 Å². The molecular weight excluding hydrogens is 314 g/mol. The molecule has 0 aliphatic carbocycles. The Labute approximate surface area is 136 Å². The standard InChI is InChI=1S/C17H21NO4S/c1-4-13(3)18-17(19)15-10-9-14(22-15)11-23(20,21)16-8-6-5-7-12(16)2/h5-10,13H,4,11H2,1-3H3,(H,18,19). The molecular formula is C17H21NO4S. The van der Waals surface area contributed by atoms with Gasteiger partial charge in [0, 0.05) is 6.04 Å². The number of hydrogen-bond acceptors (Lipinski definition) is 4. The van der Waals surface area contributed by atoms with Crippen molar-refractivity contribution in [3.63, 3.8) is 0 Å². The van der Waals surface area contributed by atoms with Crippen molar-refractivity contribution < 1.29 is 17.6 Å². The van der Waals surface area contributed by atoms with E-state index in [-0.39, 0.29) is 34.1 Å². The van der Waals surface area contributed by atoms with Crippen molar-refractivity contribution in [2.24, 2.45) is 0 Å². The SMILES string of the molecule is CCC(C)NC(=O)c1ccc(CS(=O)(=O)c2ccccc2C)o1. The molecule has 0 radical (unpaired) electrons. The Morgan fingerprint density at radius 3 is 2.57 bits per heavy atom. The van der Waals surface area contributed by atoms with Crippen LogP contribution in [0.3, 0.4) is 0 Å². The topological polar surface area (TPSA) is 76.4 Å². The molecule has 1 heterocycles. The zero-order chi connectivity index (χ0) is 17.0. The second-order valence-electron chi connectivity index (χ2n) is 5.57. The second kappa shape index (κ2) is 7.00. The zero-order valence-corrected chi connectivity index (χ0v) is 14.3. The predicted molar refractivity (Wildman–Crippen MR) is 88.0 cm³/mol. The third-order valence-corrected chi connectivity index (χ3v) is 5.43. The fourth-order valence-corrected chi connectivity index (χ4v) is 3.67. The summed E-state index contributed by atoms with van der Waals surface area (Å²) in [5.74, 6) is -0.226. The van der Waals surface area contributed by atoms with Crippen molar-refractivity contribution in [2.45, 2.75) is 43.9 Å². The summed E-state index contributed by atoms with van der Waals surface area (Å²) in [5.41, 5.74) is 0.689. The van der Waals surface area contributed by atoms with Crippen LogP contribution in [0.1, 0.15) is 42.1 Å². The Morgan fingerprint density at radius 2 is 1.91 bits per heavy atom. The summed E-state index contributed by atoms with van der Waals surface area (Å²) in [6.07, 6.45) is 0.807. The first kappa shape index (κ1) is 17.3. The van der Waals surface area contributed by atoms with Crippen LogP contribution in [0, 0.1) is 6.92 Å². The summed E-state index contributed by atoms with van der Waals surface area (Å²) < 4.78 is 30.3. The molecule has 5 nitrogen and oxygen atoms in total. The fraction of sp³-hybridized carbons (Fsp3) is 0.353. The minimum Gasteiger partial charge on any atom is -0.455 e. The van der Waals surface area contributed by atoms with Gasteiger partial charge in [-0.05, 0) is 44.0 Å². The van der Waals surface area contributed by atoms with Crippen molar-refractivity contribution in [3.05, 3.63) is 53.5 Å². The van der Waals surface area contributed by atoms with E-state index in [1.54, 1.807) is 31.2 Å². The number of aryl methyl sites for hydroxylation is 1. The minimum atomic E-state index is -3.51. The van der Waals surface area contributed by atoms with Crippen LogP contribution in [0.15, 0.2) is 45.7 Å². The van der Waals surface area contributed by atoms with E-state index < -0.39 is 9.84 Å². The molecule has 0 aliphatic heterocycles. The molecule has 2 rings (SSSR count). The molecule has 1 unspecified atom stereocenters. The number of carbonyl (C=O) groups excluding carboxylic acids is 1. The quantitative estimate of drug-likeness (QED) is 0.880. The fourth-order valence-electron chi connectivity index (χ4n) is 2.14. The Bertz CT molecular complexity index is 792. The Kier molecular flexibility index (Phi) is 5.26. The lowest BCUT2D eigenvalue weighted by molar-refractivity contribution is 0.0909. The van der Waals surface area contributed by atoms with E-state index in [1.807, 2.05) is 13.8 Å². The molecule has 6 heteroatoms. The van der Waals surface area contributed by atoms with Crippen LogP contribution >= 0.6 is 0 Å². The lowest BCUT2D eigenvalue weighted by atomic mass is 10.2. The Hall–Kier alpha value is -2.08. The van der Waals surface area contributed by atoms with Crippen LogP contribution in [0.5, 0.6) is 0 Å². The summed E-state index contributed by atoms with van der Waals surface area (Å²) in [6.45, 7) is 5.61. The highest BCUT2D eigenvalue weighted by Gasteiger charge is 2.21. The molecule has 1 amide bonds. The van der Waals surface area contributed by atoms with Crippen LogP contribution in [-0.4, -0.2) is 20.4 Å². The van der Waals surface area contributed by atoms with Gasteiger partial charge in [0.2, 0.25) is 0 Å². The van der Waals surface area contributed by atoms with Crippen molar-refractivity contribution in [1.82, 2.24) is 5.32 Å². The number of rotatable bonds is 6. The lowest BCUT2D eigenvalue weighted by Gasteiger charge is -2.09. The van der Waals surface area contributed by atoms with Crippen LogP contribution in [0.4, 0.5) is 0 Å². The Morgan fingerprint density at radius 1 is 1.22 bits per heavy atom. The summed E-state index contributed by atoms with van der Waals surface area (Å²) in [7, 11) is -3.51. The van der Waals surface area contributed by atoms with Gasteiger partial charge in [0.05, 0.1) is 4.90 Å². The minimum absolute atomic E-state index is 0.0340. The maximum atomic E-state index is 12.5. The molecule has 1 aromatic heterocycles. The van der Waals surface area contributed by atoms with E-state index in [0.717, 1.165) is 6.42 Å². The molecule has 1 atom stereocenters. The van der Waals surface area contributed by atoms with E-state index in [2.05, 4.69) is 5.32 Å². The Balaban J connectivity index is 2.16. The normalized spacial score (nSPS) is 12.8. The first-order valence-corrected chi connectivity index (χ1v) is 9.16. The third-order valence-electron chi connectivity index (χ3n) is 3.64. The molecule has 1 N–H and O–H groups in total. The van der Waals surface area contributed by atoms with Crippen molar-refractivity contribution in [1.29, 1.82) is 0 Å². The summed E-state index contributed by atoms with van der Waals surface area (Å²) >= 11 is 0. The van der Waals surface area contributed by atoms with Gasteiger partial charge in [-0.1, -0.05) is 25.1 Å². The predicted octanol–water partition coefficient (Wildman–Crippen LogP) is 3.09. The van der Waals surface area contributed by atoms with Crippen molar-refractivity contribution >= 4 is 15.7 Å². The van der Waals surface area contributed by atoms with Gasteiger partial charge in [-0.25, -0.2) is 8.42 Å². The van der Waals surface area contributed by atoms with E-state index in [4.69, 9.17) is 4.42 Å². The molecule has 23 heavy (non-hydrogen) atoms. The van der Waals surface area contributed by atoms with Gasteiger partial charge in [-0.2, -0.15) is 0 Å². The number of benzene rings is 1. The molecule has 1 aromatic carbocycles. The average Bonchev–Trinajstić information content (AvgIpc) is 2.95. The van der Waals surface area contributed by atoms with E-state index in [0.29, 0.717) is 5.56 Å². The van der Waals surface area contributed by atoms with Gasteiger partial charge in [0.25, 0.3) is 5.91 Å². The van der Waals surface area contributed by atoms with Gasteiger partial charge in [0.15, 0.2) is 15.6 Å². The van der Waals surface area contributed by atoms with Crippen LogP contribution < -0.4 is 5.32 Å². The maximum Gasteiger partial charge on any atom is 0.287 e. The summed E-state index contributed by atoms with van der Waals surface area (Å²) in [5, 5.41) is 2.78. The first-order chi connectivity index (χ1) is 10.8. The smallest absolute Gasteiger partial charge is 0.287 e. The van der Waals surface area contributed by atoms with Crippen LogP contribution in [0.2, 0.25) is 0 Å². The average molecular weight is 335 g/mol. The van der Waals surface area contributed by atoms with E-state index in [9.17, 15) is 13.2 Å². The van der Waals surface area contributed by atoms with Gasteiger partial charge in [-0.3, -0.25) is 4.79 Å². The molecule has 0 fully saturated rings. The molecule has 0 saturated carbocycles. The molecule has 0 saturated heterocycles. The van der Waals surface area contributed by atoms with Gasteiger partial charge < -0.3 is 9.73 Å². The van der Waals surface area contributed by atoms with Gasteiger partial charge in [-0.15, -0.1) is 0 Å². The molecule has 2 aromatic rings. The molecule has 0 aliphatic rings. The summed E-state index contributed by atoms with van der Waals surface area (Å²) in [4.78, 5) is 12.2. The van der Waals surface area contributed by atoms with Crippen LogP contribution in [-0.2, 0) is 15.6 Å². The van der Waals surface area contributed by atoms with Gasteiger partial charge in [0.1, 0.15) is 11.5 Å². The van der Waals surface area contributed by atoms with E-state index >= 15 is 0 Å². The lowest BCUT2D eigenvalue weighted by Crippen LogP contribution is -2.31. The second-order valence-corrected chi connectivity index (χ2v) is 7.53. The number of carbonyl (C=O) groups is 1. The highest BCUT2D eigenvalue weighted by Crippen LogP contribution is 2.21. The monoisotopic (exact) mass is 335 g/mol. The first-order valence-electron chi connectivity index (χ1n) is 7.51. The highest BCUT2D eigenvalue weighted by atomic mass is 32.2. The van der Waals surface area contributed by atoms with E-state index in [1.165, 1.54) is 12.1 Å². The number of nitrogens with one attached hydrogen (secondary N) is 1. The molecule has 0 spiro atoms. The zero-order valence-electron chi connectivity index (χ0n) is 13.5. The number of amides is 1. The van der Waals surface area contributed by atoms with Gasteiger partial charge >= 0.3 is 0 Å². The van der Waals surface area contributed by atoms with Crippen molar-refractivity contribution in [2.75, 3.05) is 0 Å². The molecule has 124 valence electrons. The van der Waals surface area contributed by atoms with Crippen LogP contribution in [0.25, 0.3) is 0 Å². The number of furan rings is 1. The summed E-state index contributed by atoms with van der Waals surface area (Å²) in [6, 6.07) is 9.86. The highest BCUT2D eigenvalue weighted by molar-refractivity contribution is 7.90. The molecule has 0 bridgehead atoms. The third kappa shape index (κ3) is 4.22. The number of hydrogen-bond donors (Lipinski definition) is 1. The largest absolute Gasteiger partial charge is 0.455 e. The maximum absolute atomic E-state index is 12.5.